The van der Waals surface area contributed by atoms with Crippen LogP contribution in [0.15, 0.2) is 18.3 Å². The average molecular weight is 410 g/mol. The van der Waals surface area contributed by atoms with Gasteiger partial charge in [-0.15, -0.1) is 0 Å². The highest BCUT2D eigenvalue weighted by atomic mass is 32.2. The lowest BCUT2D eigenvalue weighted by Gasteiger charge is -2.32. The zero-order valence-electron chi connectivity index (χ0n) is 16.8. The van der Waals surface area contributed by atoms with Gasteiger partial charge in [0.15, 0.2) is 0 Å². The van der Waals surface area contributed by atoms with Crippen molar-refractivity contribution in [2.45, 2.75) is 58.0 Å². The molecular weight excluding hydrogens is 378 g/mol. The van der Waals surface area contributed by atoms with Crippen molar-refractivity contribution in [3.8, 4) is 5.88 Å². The summed E-state index contributed by atoms with van der Waals surface area (Å²) < 4.78 is 31.0. The Hall–Kier alpha value is -1.83. The summed E-state index contributed by atoms with van der Waals surface area (Å²) in [5, 5.41) is 0. The molecule has 0 aromatic carbocycles. The summed E-state index contributed by atoms with van der Waals surface area (Å²) >= 11 is 0. The third-order valence-electron chi connectivity index (χ3n) is 5.89. The highest BCUT2D eigenvalue weighted by Gasteiger charge is 2.27. The zero-order valence-corrected chi connectivity index (χ0v) is 17.7. The van der Waals surface area contributed by atoms with Gasteiger partial charge in [-0.2, -0.15) is 0 Å². The van der Waals surface area contributed by atoms with Gasteiger partial charge < -0.3 is 9.64 Å². The fourth-order valence-corrected chi connectivity index (χ4v) is 4.78. The maximum atomic E-state index is 12.4. The van der Waals surface area contributed by atoms with E-state index in [1.807, 2.05) is 4.90 Å². The van der Waals surface area contributed by atoms with Gasteiger partial charge in [0.1, 0.15) is 6.10 Å². The zero-order chi connectivity index (χ0) is 20.1. The number of hydrogen-bond acceptors (Lipinski definition) is 5. The van der Waals surface area contributed by atoms with Crippen LogP contribution >= 0.6 is 0 Å². The van der Waals surface area contributed by atoms with Crippen molar-refractivity contribution in [1.29, 1.82) is 0 Å². The van der Waals surface area contributed by atoms with Gasteiger partial charge in [0.25, 0.3) is 0 Å². The van der Waals surface area contributed by atoms with Gasteiger partial charge in [-0.05, 0) is 31.7 Å². The number of aromatic nitrogens is 1. The van der Waals surface area contributed by atoms with E-state index in [-0.39, 0.29) is 17.8 Å². The summed E-state index contributed by atoms with van der Waals surface area (Å²) in [6.07, 6.45) is 8.76. The molecule has 0 unspecified atom stereocenters. The van der Waals surface area contributed by atoms with E-state index < -0.39 is 10.0 Å². The van der Waals surface area contributed by atoms with Crippen molar-refractivity contribution in [1.82, 2.24) is 9.88 Å². The maximum absolute atomic E-state index is 12.4. The highest BCUT2D eigenvalue weighted by Crippen LogP contribution is 2.29. The second kappa shape index (κ2) is 9.11. The predicted molar refractivity (Wildman–Crippen MR) is 109 cm³/mol. The quantitative estimate of drug-likeness (QED) is 0.692. The Morgan fingerprint density at radius 1 is 1.21 bits per heavy atom. The lowest BCUT2D eigenvalue weighted by Crippen LogP contribution is -2.42. The number of anilines is 1. The monoisotopic (exact) mass is 409 g/mol. The Labute approximate surface area is 168 Å². The molecule has 8 heteroatoms. The van der Waals surface area contributed by atoms with Crippen molar-refractivity contribution >= 4 is 21.6 Å². The summed E-state index contributed by atoms with van der Waals surface area (Å²) in [4.78, 5) is 18.7. The number of pyridine rings is 1. The molecule has 1 amide bonds. The molecule has 3 rings (SSSR count). The van der Waals surface area contributed by atoms with Crippen LogP contribution in [0.5, 0.6) is 5.88 Å². The summed E-state index contributed by atoms with van der Waals surface area (Å²) in [5.74, 6) is 1.40. The first-order valence-electron chi connectivity index (χ1n) is 10.3. The second-order valence-electron chi connectivity index (χ2n) is 7.78. The molecule has 0 atom stereocenters. The molecule has 2 aliphatic rings. The molecule has 156 valence electrons. The number of sulfonamides is 1. The standard InChI is InChI=1S/C20H31N3O4S/c1-3-28(25,26)22(2)17-8-9-19(21-15-17)27-18-10-12-23(13-11-18)20(24)14-16-6-4-5-7-16/h8-9,15-16,18H,3-7,10-14H2,1-2H3. The van der Waals surface area contributed by atoms with Crippen LogP contribution in [0.25, 0.3) is 0 Å². The molecule has 1 aliphatic carbocycles. The van der Waals surface area contributed by atoms with Crippen LogP contribution in [0, 0.1) is 5.92 Å². The number of carbonyl (C=O) groups excluding carboxylic acids is 1. The number of nitrogens with zero attached hydrogens (tertiary/aromatic N) is 3. The topological polar surface area (TPSA) is 79.8 Å². The van der Waals surface area contributed by atoms with Crippen molar-refractivity contribution in [2.24, 2.45) is 5.92 Å². The SMILES string of the molecule is CCS(=O)(=O)N(C)c1ccc(OC2CCN(C(=O)CC3CCCC3)CC2)nc1. The third kappa shape index (κ3) is 5.16. The Bertz CT molecular complexity index is 752. The molecule has 1 aliphatic heterocycles. The first-order chi connectivity index (χ1) is 13.4. The number of piperidine rings is 1. The van der Waals surface area contributed by atoms with Crippen LogP contribution in [-0.2, 0) is 14.8 Å². The van der Waals surface area contributed by atoms with E-state index in [1.165, 1.54) is 43.2 Å². The largest absolute Gasteiger partial charge is 0.474 e. The average Bonchev–Trinajstić information content (AvgIpc) is 3.21. The van der Waals surface area contributed by atoms with E-state index in [1.54, 1.807) is 19.1 Å². The summed E-state index contributed by atoms with van der Waals surface area (Å²) in [6, 6.07) is 3.41. The molecule has 1 aromatic heterocycles. The molecule has 0 N–H and O–H groups in total. The van der Waals surface area contributed by atoms with Crippen LogP contribution in [0.4, 0.5) is 5.69 Å². The normalized spacial score (nSPS) is 19.0. The Balaban J connectivity index is 1.47. The first-order valence-corrected chi connectivity index (χ1v) is 11.9. The van der Waals surface area contributed by atoms with Crippen molar-refractivity contribution in [3.63, 3.8) is 0 Å². The smallest absolute Gasteiger partial charge is 0.234 e. The van der Waals surface area contributed by atoms with E-state index in [9.17, 15) is 13.2 Å². The lowest BCUT2D eigenvalue weighted by atomic mass is 10.0. The molecular formula is C20H31N3O4S. The van der Waals surface area contributed by atoms with E-state index in [0.717, 1.165) is 25.9 Å². The van der Waals surface area contributed by atoms with Gasteiger partial charge in [-0.1, -0.05) is 12.8 Å². The van der Waals surface area contributed by atoms with Crippen LogP contribution in [0.2, 0.25) is 0 Å². The molecule has 1 aromatic rings. The van der Waals surface area contributed by atoms with E-state index >= 15 is 0 Å². The lowest BCUT2D eigenvalue weighted by molar-refractivity contribution is -0.134. The van der Waals surface area contributed by atoms with Gasteiger partial charge in [0.2, 0.25) is 21.8 Å². The van der Waals surface area contributed by atoms with Gasteiger partial charge in [0.05, 0.1) is 17.6 Å². The van der Waals surface area contributed by atoms with E-state index in [0.29, 0.717) is 23.9 Å². The second-order valence-corrected chi connectivity index (χ2v) is 10.1. The summed E-state index contributed by atoms with van der Waals surface area (Å²) in [6.45, 7) is 3.07. The minimum Gasteiger partial charge on any atom is -0.474 e. The summed E-state index contributed by atoms with van der Waals surface area (Å²) in [5.41, 5.74) is 0.515. The number of hydrogen-bond donors (Lipinski definition) is 0. The predicted octanol–water partition coefficient (Wildman–Crippen LogP) is 2.82. The number of carbonyl (C=O) groups is 1. The van der Waals surface area contributed by atoms with Gasteiger partial charge in [0, 0.05) is 45.5 Å². The molecule has 1 saturated heterocycles. The van der Waals surface area contributed by atoms with Crippen LogP contribution in [-0.4, -0.2) is 56.2 Å². The molecule has 7 nitrogen and oxygen atoms in total. The number of likely N-dealkylation sites (tertiary alicyclic amines) is 1. The highest BCUT2D eigenvalue weighted by molar-refractivity contribution is 7.92. The van der Waals surface area contributed by atoms with Crippen molar-refractivity contribution in [2.75, 3.05) is 30.2 Å². The van der Waals surface area contributed by atoms with E-state index in [4.69, 9.17) is 4.74 Å². The number of ether oxygens (including phenoxy) is 1. The van der Waals surface area contributed by atoms with Crippen LogP contribution in [0.1, 0.15) is 51.9 Å². The molecule has 1 saturated carbocycles. The molecule has 0 spiro atoms. The molecule has 2 fully saturated rings. The Morgan fingerprint density at radius 3 is 2.46 bits per heavy atom. The van der Waals surface area contributed by atoms with Gasteiger partial charge in [-0.3, -0.25) is 9.10 Å². The van der Waals surface area contributed by atoms with E-state index in [2.05, 4.69) is 4.98 Å². The molecule has 0 bridgehead atoms. The number of amides is 1. The Kier molecular flexibility index (Phi) is 6.80. The van der Waals surface area contributed by atoms with Gasteiger partial charge in [-0.25, -0.2) is 13.4 Å². The molecule has 0 radical (unpaired) electrons. The fourth-order valence-electron chi connectivity index (χ4n) is 3.97. The summed E-state index contributed by atoms with van der Waals surface area (Å²) in [7, 11) is -1.78. The Morgan fingerprint density at radius 2 is 1.89 bits per heavy atom. The van der Waals surface area contributed by atoms with Crippen LogP contribution < -0.4 is 9.04 Å². The minimum absolute atomic E-state index is 0.0333. The molecule has 2 heterocycles. The molecule has 28 heavy (non-hydrogen) atoms. The fraction of sp³-hybridized carbons (Fsp3) is 0.700. The minimum atomic E-state index is -3.30. The van der Waals surface area contributed by atoms with Crippen LogP contribution in [0.3, 0.4) is 0 Å². The number of rotatable bonds is 7. The maximum Gasteiger partial charge on any atom is 0.234 e. The van der Waals surface area contributed by atoms with Crippen molar-refractivity contribution in [3.05, 3.63) is 18.3 Å². The first kappa shape index (κ1) is 20.9. The van der Waals surface area contributed by atoms with Crippen molar-refractivity contribution < 1.29 is 17.9 Å². The third-order valence-corrected chi connectivity index (χ3v) is 7.66. The van der Waals surface area contributed by atoms with Gasteiger partial charge >= 0.3 is 0 Å².